The van der Waals surface area contributed by atoms with Gasteiger partial charge in [0.05, 0.1) is 10.9 Å². The molecule has 1 N–H and O–H groups in total. The van der Waals surface area contributed by atoms with Gasteiger partial charge < -0.3 is 19.7 Å². The highest BCUT2D eigenvalue weighted by Crippen LogP contribution is 2.32. The lowest BCUT2D eigenvalue weighted by Gasteiger charge is -2.34. The molecule has 0 saturated carbocycles. The van der Waals surface area contributed by atoms with Crippen LogP contribution in [0.4, 0.5) is 4.79 Å². The second-order valence-corrected chi connectivity index (χ2v) is 10.1. The zero-order valence-corrected chi connectivity index (χ0v) is 19.4. The fraction of sp³-hybridized carbons (Fsp3) is 0.435. The maximum atomic E-state index is 13.0. The highest BCUT2D eigenvalue weighted by atomic mass is 32.2. The van der Waals surface area contributed by atoms with E-state index in [0.29, 0.717) is 42.7 Å². The van der Waals surface area contributed by atoms with Crippen LogP contribution >= 0.6 is 0 Å². The average molecular weight is 460 g/mol. The molecule has 2 aromatic carbocycles. The van der Waals surface area contributed by atoms with Crippen LogP contribution in [0.2, 0.25) is 0 Å². The molecular formula is C23H29N3O5S. The summed E-state index contributed by atoms with van der Waals surface area (Å²) in [5.41, 5.74) is 2.91. The fourth-order valence-corrected chi connectivity index (χ4v) is 5.35. The summed E-state index contributed by atoms with van der Waals surface area (Å²) in [7, 11) is -3.58. The topological polar surface area (TPSA) is 88.2 Å². The normalized spacial score (nSPS) is 17.7. The number of nitrogens with zero attached hydrogens (tertiary/aromatic N) is 2. The van der Waals surface area contributed by atoms with Gasteiger partial charge in [-0.15, -0.1) is 0 Å². The number of benzene rings is 2. The van der Waals surface area contributed by atoms with E-state index >= 15 is 0 Å². The Hall–Kier alpha value is -2.78. The smallest absolute Gasteiger partial charge is 0.317 e. The van der Waals surface area contributed by atoms with Crippen molar-refractivity contribution in [2.45, 2.75) is 31.7 Å². The van der Waals surface area contributed by atoms with Gasteiger partial charge in [0.1, 0.15) is 13.2 Å². The third-order valence-corrected chi connectivity index (χ3v) is 7.94. The van der Waals surface area contributed by atoms with Gasteiger partial charge in [-0.3, -0.25) is 0 Å². The number of aryl methyl sites for hydroxylation is 2. The second kappa shape index (κ2) is 8.99. The number of hydrogen-bond donors (Lipinski definition) is 1. The van der Waals surface area contributed by atoms with Crippen LogP contribution in [0.3, 0.4) is 0 Å². The molecule has 0 aliphatic carbocycles. The Kier molecular flexibility index (Phi) is 6.30. The molecule has 0 unspecified atom stereocenters. The SMILES string of the molecule is Cc1ccc(S(=O)(=O)N2CCN(C(=O)N[C@H](C)c3ccc4c(c3)OCCO4)CC2)cc1C. The van der Waals surface area contributed by atoms with Gasteiger partial charge in [-0.05, 0) is 61.7 Å². The molecule has 4 rings (SSSR count). The molecule has 32 heavy (non-hydrogen) atoms. The Bertz CT molecular complexity index is 1110. The fourth-order valence-electron chi connectivity index (χ4n) is 3.84. The first-order chi connectivity index (χ1) is 15.3. The monoisotopic (exact) mass is 459 g/mol. The third-order valence-electron chi connectivity index (χ3n) is 6.05. The molecule has 2 aliphatic heterocycles. The van der Waals surface area contributed by atoms with E-state index in [4.69, 9.17) is 9.47 Å². The predicted octanol–water partition coefficient (Wildman–Crippen LogP) is 2.85. The van der Waals surface area contributed by atoms with Crippen LogP contribution in [0.15, 0.2) is 41.3 Å². The van der Waals surface area contributed by atoms with Crippen molar-refractivity contribution in [3.05, 3.63) is 53.1 Å². The number of piperazine rings is 1. The average Bonchev–Trinajstić information content (AvgIpc) is 2.80. The van der Waals surface area contributed by atoms with Crippen LogP contribution in [0, 0.1) is 13.8 Å². The van der Waals surface area contributed by atoms with E-state index in [1.54, 1.807) is 17.0 Å². The van der Waals surface area contributed by atoms with Crippen LogP contribution in [-0.4, -0.2) is 63.0 Å². The van der Waals surface area contributed by atoms with Crippen molar-refractivity contribution in [2.24, 2.45) is 0 Å². The Labute approximate surface area is 189 Å². The van der Waals surface area contributed by atoms with Gasteiger partial charge >= 0.3 is 6.03 Å². The van der Waals surface area contributed by atoms with E-state index in [0.717, 1.165) is 16.7 Å². The Morgan fingerprint density at radius 3 is 2.31 bits per heavy atom. The third kappa shape index (κ3) is 4.54. The molecule has 2 aromatic rings. The number of sulfonamides is 1. The molecule has 2 aliphatic rings. The molecule has 2 amide bonds. The molecule has 1 fully saturated rings. The van der Waals surface area contributed by atoms with Crippen molar-refractivity contribution in [2.75, 3.05) is 39.4 Å². The summed E-state index contributed by atoms with van der Waals surface area (Å²) in [4.78, 5) is 14.7. The van der Waals surface area contributed by atoms with E-state index in [-0.39, 0.29) is 25.2 Å². The van der Waals surface area contributed by atoms with Crippen molar-refractivity contribution in [3.63, 3.8) is 0 Å². The van der Waals surface area contributed by atoms with E-state index in [1.165, 1.54) is 4.31 Å². The van der Waals surface area contributed by atoms with Gasteiger partial charge in [-0.1, -0.05) is 12.1 Å². The highest BCUT2D eigenvalue weighted by molar-refractivity contribution is 7.89. The summed E-state index contributed by atoms with van der Waals surface area (Å²) < 4.78 is 38.6. The van der Waals surface area contributed by atoms with Crippen molar-refractivity contribution in [1.29, 1.82) is 0 Å². The largest absolute Gasteiger partial charge is 0.486 e. The molecule has 1 atom stereocenters. The molecule has 8 nitrogen and oxygen atoms in total. The number of amides is 2. The lowest BCUT2D eigenvalue weighted by Crippen LogP contribution is -2.53. The first kappa shape index (κ1) is 22.4. The number of urea groups is 1. The van der Waals surface area contributed by atoms with Crippen molar-refractivity contribution in [1.82, 2.24) is 14.5 Å². The van der Waals surface area contributed by atoms with Gasteiger partial charge in [0, 0.05) is 26.2 Å². The Morgan fingerprint density at radius 1 is 0.938 bits per heavy atom. The highest BCUT2D eigenvalue weighted by Gasteiger charge is 2.30. The molecule has 1 saturated heterocycles. The van der Waals surface area contributed by atoms with Crippen LogP contribution in [-0.2, 0) is 10.0 Å². The minimum atomic E-state index is -3.58. The summed E-state index contributed by atoms with van der Waals surface area (Å²) in [6, 6.07) is 10.4. The summed E-state index contributed by atoms with van der Waals surface area (Å²) >= 11 is 0. The lowest BCUT2D eigenvalue weighted by atomic mass is 10.1. The number of carbonyl (C=O) groups excluding carboxylic acids is 1. The standard InChI is InChI=1S/C23H29N3O5S/c1-16-4-6-20(14-17(16)2)32(28,29)26-10-8-25(9-11-26)23(27)24-18(3)19-5-7-21-22(15-19)31-13-12-30-21/h4-7,14-15,18H,8-13H2,1-3H3,(H,24,27)/t18-/m1/s1. The summed E-state index contributed by atoms with van der Waals surface area (Å²) in [5, 5.41) is 2.99. The molecule has 2 heterocycles. The lowest BCUT2D eigenvalue weighted by molar-refractivity contribution is 0.168. The maximum absolute atomic E-state index is 13.0. The minimum absolute atomic E-state index is 0.212. The molecule has 9 heteroatoms. The van der Waals surface area contributed by atoms with E-state index in [9.17, 15) is 13.2 Å². The first-order valence-corrected chi connectivity index (χ1v) is 12.2. The van der Waals surface area contributed by atoms with Crippen LogP contribution < -0.4 is 14.8 Å². The van der Waals surface area contributed by atoms with Gasteiger partial charge in [-0.25, -0.2) is 13.2 Å². The van der Waals surface area contributed by atoms with E-state index in [2.05, 4.69) is 5.32 Å². The quantitative estimate of drug-likeness (QED) is 0.760. The van der Waals surface area contributed by atoms with Crippen molar-refractivity contribution >= 4 is 16.1 Å². The molecule has 0 bridgehead atoms. The Balaban J connectivity index is 1.35. The minimum Gasteiger partial charge on any atom is -0.486 e. The van der Waals surface area contributed by atoms with Gasteiger partial charge in [0.2, 0.25) is 10.0 Å². The van der Waals surface area contributed by atoms with E-state index < -0.39 is 10.0 Å². The molecule has 172 valence electrons. The van der Waals surface area contributed by atoms with Gasteiger partial charge in [0.25, 0.3) is 0 Å². The molecular weight excluding hydrogens is 430 g/mol. The van der Waals surface area contributed by atoms with Gasteiger partial charge in [-0.2, -0.15) is 4.31 Å². The predicted molar refractivity (Wildman–Crippen MR) is 121 cm³/mol. The van der Waals surface area contributed by atoms with Crippen LogP contribution in [0.1, 0.15) is 29.7 Å². The summed E-state index contributed by atoms with van der Waals surface area (Å²) in [6.07, 6.45) is 0. The first-order valence-electron chi connectivity index (χ1n) is 10.8. The summed E-state index contributed by atoms with van der Waals surface area (Å²) in [5.74, 6) is 1.39. The molecule has 0 spiro atoms. The van der Waals surface area contributed by atoms with Crippen molar-refractivity contribution < 1.29 is 22.7 Å². The summed E-state index contributed by atoms with van der Waals surface area (Å²) in [6.45, 7) is 8.00. The maximum Gasteiger partial charge on any atom is 0.317 e. The van der Waals surface area contributed by atoms with Crippen molar-refractivity contribution in [3.8, 4) is 11.5 Å². The number of ether oxygens (including phenoxy) is 2. The number of nitrogens with one attached hydrogen (secondary N) is 1. The zero-order valence-electron chi connectivity index (χ0n) is 18.6. The number of rotatable bonds is 4. The van der Waals surface area contributed by atoms with Crippen LogP contribution in [0.5, 0.6) is 11.5 Å². The van der Waals surface area contributed by atoms with Crippen LogP contribution in [0.25, 0.3) is 0 Å². The molecule has 0 aromatic heterocycles. The number of carbonyl (C=O) groups is 1. The number of hydrogen-bond acceptors (Lipinski definition) is 5. The Morgan fingerprint density at radius 2 is 1.62 bits per heavy atom. The number of fused-ring (bicyclic) bond motifs is 1. The molecule has 0 radical (unpaired) electrons. The zero-order chi connectivity index (χ0) is 22.9. The second-order valence-electron chi connectivity index (χ2n) is 8.21. The van der Waals surface area contributed by atoms with E-state index in [1.807, 2.05) is 45.0 Å². The van der Waals surface area contributed by atoms with Gasteiger partial charge in [0.15, 0.2) is 11.5 Å².